The van der Waals surface area contributed by atoms with Crippen LogP contribution in [-0.4, -0.2) is 22.6 Å². The lowest BCUT2D eigenvalue weighted by molar-refractivity contribution is -0.116. The van der Waals surface area contributed by atoms with Crippen LogP contribution in [0.4, 0.5) is 5.69 Å². The molecule has 0 atom stereocenters. The number of amides is 1. The number of carbonyl (C=O) groups is 1. The van der Waals surface area contributed by atoms with Crippen LogP contribution >= 0.6 is 15.9 Å². The summed E-state index contributed by atoms with van der Waals surface area (Å²) in [5.41, 5.74) is 1.70. The summed E-state index contributed by atoms with van der Waals surface area (Å²) in [6.07, 6.45) is 1.38. The Kier molecular flexibility index (Phi) is 5.48. The van der Waals surface area contributed by atoms with Crippen LogP contribution in [0.25, 0.3) is 11.3 Å². The molecule has 3 rings (SSSR count). The van der Waals surface area contributed by atoms with E-state index in [1.807, 2.05) is 24.3 Å². The zero-order chi connectivity index (χ0) is 18.5. The third-order valence-electron chi connectivity index (χ3n) is 3.69. The van der Waals surface area contributed by atoms with Crippen molar-refractivity contribution in [2.75, 3.05) is 12.4 Å². The van der Waals surface area contributed by atoms with E-state index in [4.69, 9.17) is 4.74 Å². The fourth-order valence-electron chi connectivity index (χ4n) is 2.39. The first kappa shape index (κ1) is 17.9. The largest absolute Gasteiger partial charge is 0.497 e. The molecule has 1 amide bonds. The molecule has 2 aromatic carbocycles. The lowest BCUT2D eigenvalue weighted by atomic mass is 10.1. The van der Waals surface area contributed by atoms with Crippen LogP contribution in [0.15, 0.2) is 70.2 Å². The second kappa shape index (κ2) is 7.97. The normalized spacial score (nSPS) is 10.4. The van der Waals surface area contributed by atoms with Crippen LogP contribution in [0, 0.1) is 0 Å². The van der Waals surface area contributed by atoms with E-state index in [-0.39, 0.29) is 18.0 Å². The molecule has 0 unspecified atom stereocenters. The number of hydrogen-bond donors (Lipinski definition) is 1. The van der Waals surface area contributed by atoms with Crippen molar-refractivity contribution in [2.45, 2.75) is 6.54 Å². The molecule has 0 fully saturated rings. The SMILES string of the molecule is COc1ccc(-c2cc(=O)n(CC(=O)Nc3cccc(Br)c3)cn2)cc1. The van der Waals surface area contributed by atoms with Crippen molar-refractivity contribution in [1.29, 1.82) is 0 Å². The zero-order valence-electron chi connectivity index (χ0n) is 14.0. The van der Waals surface area contributed by atoms with Gasteiger partial charge in [0, 0.05) is 21.8 Å². The molecule has 0 aliphatic heterocycles. The highest BCUT2D eigenvalue weighted by molar-refractivity contribution is 9.10. The summed E-state index contributed by atoms with van der Waals surface area (Å²) in [6.45, 7) is -0.110. The molecule has 6 nitrogen and oxygen atoms in total. The van der Waals surface area contributed by atoms with Crippen molar-refractivity contribution >= 4 is 27.5 Å². The smallest absolute Gasteiger partial charge is 0.254 e. The lowest BCUT2D eigenvalue weighted by Crippen LogP contribution is -2.27. The Morgan fingerprint density at radius 1 is 1.19 bits per heavy atom. The minimum absolute atomic E-state index is 0.110. The Morgan fingerprint density at radius 3 is 2.62 bits per heavy atom. The molecule has 0 saturated heterocycles. The fourth-order valence-corrected chi connectivity index (χ4v) is 2.79. The third-order valence-corrected chi connectivity index (χ3v) is 4.18. The first-order valence-corrected chi connectivity index (χ1v) is 8.61. The molecule has 0 radical (unpaired) electrons. The van der Waals surface area contributed by atoms with Crippen molar-refractivity contribution in [1.82, 2.24) is 9.55 Å². The molecule has 132 valence electrons. The van der Waals surface area contributed by atoms with E-state index in [2.05, 4.69) is 26.2 Å². The molecule has 0 aliphatic rings. The van der Waals surface area contributed by atoms with Crippen molar-refractivity contribution in [2.24, 2.45) is 0 Å². The van der Waals surface area contributed by atoms with Gasteiger partial charge in [0.05, 0.1) is 19.1 Å². The van der Waals surface area contributed by atoms with Gasteiger partial charge in [-0.05, 0) is 42.5 Å². The zero-order valence-corrected chi connectivity index (χ0v) is 15.6. The van der Waals surface area contributed by atoms with Crippen LogP contribution < -0.4 is 15.6 Å². The van der Waals surface area contributed by atoms with Gasteiger partial charge in [0.15, 0.2) is 0 Å². The van der Waals surface area contributed by atoms with Gasteiger partial charge in [0.2, 0.25) is 5.91 Å². The minimum Gasteiger partial charge on any atom is -0.497 e. The van der Waals surface area contributed by atoms with Crippen LogP contribution in [0.5, 0.6) is 5.75 Å². The van der Waals surface area contributed by atoms with E-state index in [0.29, 0.717) is 11.4 Å². The molecule has 0 bridgehead atoms. The molecule has 7 heteroatoms. The summed E-state index contributed by atoms with van der Waals surface area (Å²) in [7, 11) is 1.59. The highest BCUT2D eigenvalue weighted by Gasteiger charge is 2.08. The van der Waals surface area contributed by atoms with Gasteiger partial charge in [0.25, 0.3) is 5.56 Å². The van der Waals surface area contributed by atoms with E-state index in [1.54, 1.807) is 31.4 Å². The molecular formula is C19H16BrN3O3. The van der Waals surface area contributed by atoms with E-state index in [1.165, 1.54) is 17.0 Å². The topological polar surface area (TPSA) is 73.2 Å². The molecule has 1 aromatic heterocycles. The van der Waals surface area contributed by atoms with Crippen molar-refractivity contribution in [3.05, 3.63) is 75.8 Å². The van der Waals surface area contributed by atoms with Crippen molar-refractivity contribution < 1.29 is 9.53 Å². The Bertz CT molecular complexity index is 984. The number of nitrogens with one attached hydrogen (secondary N) is 1. The average molecular weight is 414 g/mol. The minimum atomic E-state index is -0.302. The Hall–Kier alpha value is -2.93. The van der Waals surface area contributed by atoms with Gasteiger partial charge in [-0.2, -0.15) is 0 Å². The highest BCUT2D eigenvalue weighted by atomic mass is 79.9. The summed E-state index contributed by atoms with van der Waals surface area (Å²) in [4.78, 5) is 28.7. The maximum atomic E-state index is 12.3. The van der Waals surface area contributed by atoms with E-state index in [0.717, 1.165) is 15.8 Å². The number of halogens is 1. The predicted octanol–water partition coefficient (Wildman–Crippen LogP) is 3.32. The Labute approximate surface area is 158 Å². The molecule has 0 aliphatic carbocycles. The number of nitrogens with zero attached hydrogens (tertiary/aromatic N) is 2. The first-order valence-electron chi connectivity index (χ1n) is 7.81. The van der Waals surface area contributed by atoms with E-state index < -0.39 is 0 Å². The molecule has 3 aromatic rings. The van der Waals surface area contributed by atoms with Gasteiger partial charge in [-0.1, -0.05) is 22.0 Å². The Balaban J connectivity index is 1.73. The number of hydrogen-bond acceptors (Lipinski definition) is 4. The van der Waals surface area contributed by atoms with Crippen LogP contribution in [0.2, 0.25) is 0 Å². The monoisotopic (exact) mass is 413 g/mol. The van der Waals surface area contributed by atoms with Crippen LogP contribution in [-0.2, 0) is 11.3 Å². The van der Waals surface area contributed by atoms with E-state index >= 15 is 0 Å². The van der Waals surface area contributed by atoms with Gasteiger partial charge in [-0.15, -0.1) is 0 Å². The predicted molar refractivity (Wildman–Crippen MR) is 103 cm³/mol. The molecule has 0 saturated carbocycles. The first-order chi connectivity index (χ1) is 12.5. The number of aromatic nitrogens is 2. The fraction of sp³-hybridized carbons (Fsp3) is 0.105. The van der Waals surface area contributed by atoms with Crippen LogP contribution in [0.3, 0.4) is 0 Å². The summed E-state index contributed by atoms with van der Waals surface area (Å²) >= 11 is 3.35. The van der Waals surface area contributed by atoms with Gasteiger partial charge < -0.3 is 10.1 Å². The van der Waals surface area contributed by atoms with Crippen molar-refractivity contribution in [3.63, 3.8) is 0 Å². The van der Waals surface area contributed by atoms with Crippen molar-refractivity contribution in [3.8, 4) is 17.0 Å². The van der Waals surface area contributed by atoms with Gasteiger partial charge in [0.1, 0.15) is 12.3 Å². The summed E-state index contributed by atoms with van der Waals surface area (Å²) in [5, 5.41) is 2.75. The van der Waals surface area contributed by atoms with Gasteiger partial charge in [-0.3, -0.25) is 14.2 Å². The summed E-state index contributed by atoms with van der Waals surface area (Å²) in [6, 6.07) is 15.9. The van der Waals surface area contributed by atoms with Gasteiger partial charge >= 0.3 is 0 Å². The Morgan fingerprint density at radius 2 is 1.96 bits per heavy atom. The van der Waals surface area contributed by atoms with Crippen LogP contribution in [0.1, 0.15) is 0 Å². The second-order valence-corrected chi connectivity index (χ2v) is 6.44. The number of carbonyl (C=O) groups excluding carboxylic acids is 1. The maximum absolute atomic E-state index is 12.3. The molecule has 26 heavy (non-hydrogen) atoms. The lowest BCUT2D eigenvalue weighted by Gasteiger charge is -2.08. The maximum Gasteiger partial charge on any atom is 0.254 e. The number of benzene rings is 2. The summed E-state index contributed by atoms with van der Waals surface area (Å²) in [5.74, 6) is 0.426. The molecule has 1 heterocycles. The highest BCUT2D eigenvalue weighted by Crippen LogP contribution is 2.19. The average Bonchev–Trinajstić information content (AvgIpc) is 2.63. The number of methoxy groups -OCH3 is 1. The molecule has 0 spiro atoms. The number of ether oxygens (including phenoxy) is 1. The quantitative estimate of drug-likeness (QED) is 0.695. The standard InChI is InChI=1S/C19H16BrN3O3/c1-26-16-7-5-13(6-8-16)17-10-19(25)23(12-21-17)11-18(24)22-15-4-2-3-14(20)9-15/h2-10,12H,11H2,1H3,(H,22,24). The summed E-state index contributed by atoms with van der Waals surface area (Å²) < 4.78 is 7.24. The molecule has 1 N–H and O–H groups in total. The van der Waals surface area contributed by atoms with E-state index in [9.17, 15) is 9.59 Å². The molecular weight excluding hydrogens is 398 g/mol. The second-order valence-electron chi connectivity index (χ2n) is 5.53. The number of anilines is 1. The van der Waals surface area contributed by atoms with Gasteiger partial charge in [-0.25, -0.2) is 4.98 Å². The number of rotatable bonds is 5. The third kappa shape index (κ3) is 4.37.